The fourth-order valence-electron chi connectivity index (χ4n) is 3.58. The van der Waals surface area contributed by atoms with Crippen LogP contribution in [0.2, 0.25) is 0 Å². The lowest BCUT2D eigenvalue weighted by Crippen LogP contribution is -2.39. The zero-order valence-electron chi connectivity index (χ0n) is 12.5. The summed E-state index contributed by atoms with van der Waals surface area (Å²) in [6.45, 7) is 10.8. The smallest absolute Gasteiger partial charge is 0.0223 e. The molecule has 2 rings (SSSR count). The number of likely N-dealkylation sites (tertiary alicyclic amines) is 1. The molecule has 2 aliphatic heterocycles. The lowest BCUT2D eigenvalue weighted by atomic mass is 10.1. The highest BCUT2D eigenvalue weighted by Crippen LogP contribution is 2.28. The zero-order chi connectivity index (χ0) is 13.0. The first-order valence-electron chi connectivity index (χ1n) is 7.85. The summed E-state index contributed by atoms with van der Waals surface area (Å²) in [5, 5.41) is 3.55. The molecule has 0 aromatic heterocycles. The Hall–Kier alpha value is -0.120. The van der Waals surface area contributed by atoms with Gasteiger partial charge in [-0.25, -0.2) is 0 Å². The molecule has 0 aromatic carbocycles. The Kier molecular flexibility index (Phi) is 5.46. The van der Waals surface area contributed by atoms with Crippen molar-refractivity contribution >= 4 is 0 Å². The first kappa shape index (κ1) is 14.3. The molecule has 3 heteroatoms. The third-order valence-corrected chi connectivity index (χ3v) is 4.72. The topological polar surface area (TPSA) is 18.5 Å². The molecule has 106 valence electrons. The van der Waals surface area contributed by atoms with Crippen LogP contribution in [0, 0.1) is 5.92 Å². The molecule has 2 saturated heterocycles. The van der Waals surface area contributed by atoms with Crippen LogP contribution in [-0.2, 0) is 0 Å². The molecule has 3 nitrogen and oxygen atoms in total. The average Bonchev–Trinajstić information content (AvgIpc) is 2.58. The molecule has 3 atom stereocenters. The Labute approximate surface area is 113 Å². The van der Waals surface area contributed by atoms with Crippen molar-refractivity contribution in [1.82, 2.24) is 15.1 Å². The first-order valence-corrected chi connectivity index (χ1v) is 7.85. The predicted molar refractivity (Wildman–Crippen MR) is 78.0 cm³/mol. The van der Waals surface area contributed by atoms with E-state index in [1.54, 1.807) is 0 Å². The molecule has 0 spiro atoms. The molecule has 2 bridgehead atoms. The van der Waals surface area contributed by atoms with Gasteiger partial charge in [-0.2, -0.15) is 0 Å². The summed E-state index contributed by atoms with van der Waals surface area (Å²) in [5.41, 5.74) is 0. The van der Waals surface area contributed by atoms with Crippen LogP contribution in [-0.4, -0.2) is 61.7 Å². The summed E-state index contributed by atoms with van der Waals surface area (Å²) in [7, 11) is 2.33. The van der Waals surface area contributed by atoms with E-state index in [9.17, 15) is 0 Å². The van der Waals surface area contributed by atoms with Gasteiger partial charge in [-0.1, -0.05) is 13.8 Å². The summed E-state index contributed by atoms with van der Waals surface area (Å²) >= 11 is 0. The maximum atomic E-state index is 3.55. The van der Waals surface area contributed by atoms with E-state index in [0.717, 1.165) is 24.5 Å². The molecule has 3 unspecified atom stereocenters. The molecule has 0 amide bonds. The van der Waals surface area contributed by atoms with Gasteiger partial charge in [0.15, 0.2) is 0 Å². The van der Waals surface area contributed by atoms with Gasteiger partial charge in [-0.05, 0) is 58.3 Å². The highest BCUT2D eigenvalue weighted by molar-refractivity contribution is 4.91. The molecular weight excluding hydrogens is 222 g/mol. The molecule has 0 radical (unpaired) electrons. The third-order valence-electron chi connectivity index (χ3n) is 4.72. The van der Waals surface area contributed by atoms with E-state index in [1.165, 1.54) is 51.9 Å². The number of rotatable bonds is 6. The van der Waals surface area contributed by atoms with Crippen LogP contribution in [0.1, 0.15) is 39.5 Å². The van der Waals surface area contributed by atoms with Gasteiger partial charge in [0.25, 0.3) is 0 Å². The van der Waals surface area contributed by atoms with E-state index < -0.39 is 0 Å². The van der Waals surface area contributed by atoms with Gasteiger partial charge >= 0.3 is 0 Å². The van der Waals surface area contributed by atoms with Crippen molar-refractivity contribution in [1.29, 1.82) is 0 Å². The fraction of sp³-hybridized carbons (Fsp3) is 1.00. The highest BCUT2D eigenvalue weighted by atomic mass is 15.3. The van der Waals surface area contributed by atoms with E-state index >= 15 is 0 Å². The van der Waals surface area contributed by atoms with Gasteiger partial charge in [-0.3, -0.25) is 4.90 Å². The van der Waals surface area contributed by atoms with E-state index in [-0.39, 0.29) is 0 Å². The summed E-state index contributed by atoms with van der Waals surface area (Å²) in [6.07, 6.45) is 5.47. The van der Waals surface area contributed by atoms with Gasteiger partial charge in [-0.15, -0.1) is 0 Å². The number of fused-ring (bicyclic) bond motifs is 2. The van der Waals surface area contributed by atoms with Crippen molar-refractivity contribution in [2.45, 2.75) is 51.6 Å². The molecule has 1 N–H and O–H groups in total. The second-order valence-corrected chi connectivity index (χ2v) is 6.41. The van der Waals surface area contributed by atoms with Crippen molar-refractivity contribution in [3.05, 3.63) is 0 Å². The van der Waals surface area contributed by atoms with Crippen LogP contribution in [0.3, 0.4) is 0 Å². The maximum Gasteiger partial charge on any atom is 0.0223 e. The average molecular weight is 253 g/mol. The number of likely N-dealkylation sites (N-methyl/N-ethyl adjacent to an activating group) is 1. The second-order valence-electron chi connectivity index (χ2n) is 6.41. The van der Waals surface area contributed by atoms with Crippen molar-refractivity contribution in [3.63, 3.8) is 0 Å². The van der Waals surface area contributed by atoms with Gasteiger partial charge in [0, 0.05) is 25.2 Å². The Balaban J connectivity index is 1.73. The normalized spacial score (nSPS) is 31.5. The minimum atomic E-state index is 0.776. The lowest BCUT2D eigenvalue weighted by molar-refractivity contribution is 0.200. The summed E-state index contributed by atoms with van der Waals surface area (Å²) in [4.78, 5) is 5.35. The largest absolute Gasteiger partial charge is 0.316 e. The second kappa shape index (κ2) is 6.88. The zero-order valence-corrected chi connectivity index (χ0v) is 12.5. The summed E-state index contributed by atoms with van der Waals surface area (Å²) in [5.74, 6) is 0.776. The molecule has 2 fully saturated rings. The van der Waals surface area contributed by atoms with Crippen LogP contribution >= 0.6 is 0 Å². The van der Waals surface area contributed by atoms with Crippen LogP contribution < -0.4 is 5.32 Å². The third kappa shape index (κ3) is 3.69. The number of nitrogens with one attached hydrogen (secondary N) is 1. The monoisotopic (exact) mass is 253 g/mol. The summed E-state index contributed by atoms with van der Waals surface area (Å²) < 4.78 is 0. The quantitative estimate of drug-likeness (QED) is 0.728. The Morgan fingerprint density at radius 3 is 2.78 bits per heavy atom. The molecular formula is C15H31N3. The maximum absolute atomic E-state index is 3.55. The standard InChI is InChI=1S/C15H31N3/c1-4-8-16-10-13(2)11-18-9-7-14-5-6-15(12-18)17(14)3/h13-16H,4-12H2,1-3H3. The number of hydrogen-bond donors (Lipinski definition) is 1. The molecule has 0 aliphatic carbocycles. The molecule has 2 aliphatic rings. The first-order chi connectivity index (χ1) is 8.70. The van der Waals surface area contributed by atoms with Crippen LogP contribution in [0.5, 0.6) is 0 Å². The van der Waals surface area contributed by atoms with Crippen molar-refractivity contribution < 1.29 is 0 Å². The molecule has 0 saturated carbocycles. The van der Waals surface area contributed by atoms with Crippen LogP contribution in [0.4, 0.5) is 0 Å². The number of nitrogens with zero attached hydrogens (tertiary/aromatic N) is 2. The predicted octanol–water partition coefficient (Wildman–Crippen LogP) is 1.79. The minimum absolute atomic E-state index is 0.776. The van der Waals surface area contributed by atoms with Crippen molar-refractivity contribution in [2.24, 2.45) is 5.92 Å². The van der Waals surface area contributed by atoms with Gasteiger partial charge < -0.3 is 10.2 Å². The van der Waals surface area contributed by atoms with Gasteiger partial charge in [0.2, 0.25) is 0 Å². The minimum Gasteiger partial charge on any atom is -0.316 e. The Morgan fingerprint density at radius 1 is 1.22 bits per heavy atom. The Morgan fingerprint density at radius 2 is 2.00 bits per heavy atom. The number of hydrogen-bond acceptors (Lipinski definition) is 3. The lowest BCUT2D eigenvalue weighted by Gasteiger charge is -2.28. The summed E-state index contributed by atoms with van der Waals surface area (Å²) in [6, 6.07) is 1.70. The Bertz CT molecular complexity index is 244. The fourth-order valence-corrected chi connectivity index (χ4v) is 3.58. The van der Waals surface area contributed by atoms with Gasteiger partial charge in [0.05, 0.1) is 0 Å². The van der Waals surface area contributed by atoms with E-state index in [1.807, 2.05) is 0 Å². The SMILES string of the molecule is CCCNCC(C)CN1CCC2CCC(C1)N2C. The van der Waals surface area contributed by atoms with Crippen LogP contribution in [0.15, 0.2) is 0 Å². The van der Waals surface area contributed by atoms with E-state index in [0.29, 0.717) is 0 Å². The van der Waals surface area contributed by atoms with Gasteiger partial charge in [0.1, 0.15) is 0 Å². The molecule has 18 heavy (non-hydrogen) atoms. The van der Waals surface area contributed by atoms with E-state index in [2.05, 4.69) is 36.0 Å². The van der Waals surface area contributed by atoms with Crippen LogP contribution in [0.25, 0.3) is 0 Å². The molecule has 2 heterocycles. The van der Waals surface area contributed by atoms with E-state index in [4.69, 9.17) is 0 Å². The molecule has 0 aromatic rings. The van der Waals surface area contributed by atoms with Crippen molar-refractivity contribution in [2.75, 3.05) is 39.8 Å². The highest BCUT2D eigenvalue weighted by Gasteiger charge is 2.34. The van der Waals surface area contributed by atoms with Crippen molar-refractivity contribution in [3.8, 4) is 0 Å².